The Balaban J connectivity index is 1.54. The van der Waals surface area contributed by atoms with Crippen LogP contribution in [0.25, 0.3) is 0 Å². The third-order valence-electron chi connectivity index (χ3n) is 4.69. The van der Waals surface area contributed by atoms with E-state index in [1.807, 2.05) is 55.5 Å². The predicted molar refractivity (Wildman–Crippen MR) is 134 cm³/mol. The number of aryl methyl sites for hydroxylation is 1. The van der Waals surface area contributed by atoms with Crippen LogP contribution in [-0.2, 0) is 17.8 Å². The molecule has 0 aromatic heterocycles. The Kier molecular flexibility index (Phi) is 9.15. The number of nitrogens with zero attached hydrogens (tertiary/aromatic N) is 1. The van der Waals surface area contributed by atoms with Crippen LogP contribution in [0.1, 0.15) is 23.6 Å². The largest absolute Gasteiger partial charge is 0.493 e. The van der Waals surface area contributed by atoms with Crippen LogP contribution in [0.5, 0.6) is 17.2 Å². The molecule has 3 aromatic rings. The molecular weight excluding hydrogens is 508 g/mol. The van der Waals surface area contributed by atoms with E-state index < -0.39 is 0 Å². The molecule has 6 nitrogen and oxygen atoms in total. The van der Waals surface area contributed by atoms with Crippen molar-refractivity contribution >= 4 is 39.7 Å². The van der Waals surface area contributed by atoms with Crippen molar-refractivity contribution in [1.29, 1.82) is 0 Å². The molecule has 1 N–H and O–H groups in total. The summed E-state index contributed by atoms with van der Waals surface area (Å²) in [6.07, 6.45) is 2.32. The molecule has 3 rings (SSSR count). The average molecular weight is 532 g/mol. The van der Waals surface area contributed by atoms with Gasteiger partial charge in [-0.05, 0) is 60.0 Å². The standard InChI is InChI=1S/C25H24BrClN2O4/c1-3-18-13-20(26)9-11-22(18)33-16-25(30)29-28-14-17-8-10-23(24(12-17)31-2)32-15-19-6-4-5-7-21(19)27/h4-14H,3,15-16H2,1-2H3,(H,29,30)/b28-14+. The van der Waals surface area contributed by atoms with Gasteiger partial charge < -0.3 is 14.2 Å². The van der Waals surface area contributed by atoms with Crippen molar-refractivity contribution in [3.05, 3.63) is 86.8 Å². The van der Waals surface area contributed by atoms with E-state index in [9.17, 15) is 4.79 Å². The van der Waals surface area contributed by atoms with Crippen molar-refractivity contribution in [2.75, 3.05) is 13.7 Å². The Morgan fingerprint density at radius 2 is 1.82 bits per heavy atom. The summed E-state index contributed by atoms with van der Waals surface area (Å²) in [5, 5.41) is 4.64. The quantitative estimate of drug-likeness (QED) is 0.266. The van der Waals surface area contributed by atoms with E-state index in [1.165, 1.54) is 6.21 Å². The molecular formula is C25H24BrClN2O4. The summed E-state index contributed by atoms with van der Waals surface area (Å²) in [5.74, 6) is 1.44. The Morgan fingerprint density at radius 1 is 1.03 bits per heavy atom. The number of nitrogens with one attached hydrogen (secondary N) is 1. The van der Waals surface area contributed by atoms with Crippen molar-refractivity contribution < 1.29 is 19.0 Å². The minimum atomic E-state index is -0.358. The first kappa shape index (κ1) is 24.6. The van der Waals surface area contributed by atoms with Crippen LogP contribution in [0, 0.1) is 0 Å². The SMILES string of the molecule is CCc1cc(Br)ccc1OCC(=O)N/N=C/c1ccc(OCc2ccccc2Cl)c(OC)c1. The molecule has 0 radical (unpaired) electrons. The summed E-state index contributed by atoms with van der Waals surface area (Å²) < 4.78 is 17.9. The van der Waals surface area contributed by atoms with Gasteiger partial charge in [0.1, 0.15) is 12.4 Å². The van der Waals surface area contributed by atoms with E-state index in [0.717, 1.165) is 27.6 Å². The minimum Gasteiger partial charge on any atom is -0.493 e. The summed E-state index contributed by atoms with van der Waals surface area (Å²) in [6, 6.07) is 18.5. The fourth-order valence-corrected chi connectivity index (χ4v) is 3.57. The molecule has 0 aliphatic rings. The molecule has 33 heavy (non-hydrogen) atoms. The zero-order valence-electron chi connectivity index (χ0n) is 18.3. The predicted octanol–water partition coefficient (Wildman–Crippen LogP) is 5.78. The number of carbonyl (C=O) groups excluding carboxylic acids is 1. The van der Waals surface area contributed by atoms with E-state index in [4.69, 9.17) is 25.8 Å². The van der Waals surface area contributed by atoms with Gasteiger partial charge in [0.05, 0.1) is 13.3 Å². The Morgan fingerprint density at radius 3 is 2.58 bits per heavy atom. The van der Waals surface area contributed by atoms with Crippen LogP contribution in [0.4, 0.5) is 0 Å². The molecule has 0 saturated heterocycles. The highest BCUT2D eigenvalue weighted by atomic mass is 79.9. The van der Waals surface area contributed by atoms with Crippen LogP contribution < -0.4 is 19.6 Å². The maximum Gasteiger partial charge on any atom is 0.277 e. The van der Waals surface area contributed by atoms with Gasteiger partial charge >= 0.3 is 0 Å². The van der Waals surface area contributed by atoms with Gasteiger partial charge in [-0.25, -0.2) is 5.43 Å². The highest BCUT2D eigenvalue weighted by Crippen LogP contribution is 2.29. The van der Waals surface area contributed by atoms with Crippen molar-refractivity contribution in [1.82, 2.24) is 5.43 Å². The van der Waals surface area contributed by atoms with Gasteiger partial charge in [-0.3, -0.25) is 4.79 Å². The maximum absolute atomic E-state index is 12.1. The van der Waals surface area contributed by atoms with Gasteiger partial charge in [0.25, 0.3) is 5.91 Å². The molecule has 8 heteroatoms. The monoisotopic (exact) mass is 530 g/mol. The first-order valence-corrected chi connectivity index (χ1v) is 11.4. The van der Waals surface area contributed by atoms with Gasteiger partial charge in [0.15, 0.2) is 18.1 Å². The Labute approximate surface area is 206 Å². The third-order valence-corrected chi connectivity index (χ3v) is 5.56. The molecule has 0 heterocycles. The normalized spacial score (nSPS) is 10.8. The number of hydrazone groups is 1. The smallest absolute Gasteiger partial charge is 0.277 e. The molecule has 0 atom stereocenters. The van der Waals surface area contributed by atoms with E-state index in [-0.39, 0.29) is 12.5 Å². The number of carbonyl (C=O) groups is 1. The first-order valence-electron chi connectivity index (χ1n) is 10.3. The number of hydrogen-bond acceptors (Lipinski definition) is 5. The number of ether oxygens (including phenoxy) is 3. The molecule has 0 spiro atoms. The second kappa shape index (κ2) is 12.3. The fourth-order valence-electron chi connectivity index (χ4n) is 2.97. The second-order valence-corrected chi connectivity index (χ2v) is 8.30. The molecule has 0 saturated carbocycles. The van der Waals surface area contributed by atoms with Gasteiger partial charge in [-0.15, -0.1) is 0 Å². The van der Waals surface area contributed by atoms with Crippen molar-refractivity contribution in [2.45, 2.75) is 20.0 Å². The van der Waals surface area contributed by atoms with E-state index in [1.54, 1.807) is 19.2 Å². The van der Waals surface area contributed by atoms with Crippen molar-refractivity contribution in [2.24, 2.45) is 5.10 Å². The lowest BCUT2D eigenvalue weighted by Crippen LogP contribution is -2.24. The fraction of sp³-hybridized carbons (Fsp3) is 0.200. The summed E-state index contributed by atoms with van der Waals surface area (Å²) in [5.41, 5.74) is 5.10. The van der Waals surface area contributed by atoms with E-state index >= 15 is 0 Å². The lowest BCUT2D eigenvalue weighted by Gasteiger charge is -2.12. The van der Waals surface area contributed by atoms with E-state index in [0.29, 0.717) is 28.9 Å². The number of amides is 1. The summed E-state index contributed by atoms with van der Waals surface area (Å²) in [6.45, 7) is 2.21. The van der Waals surface area contributed by atoms with Crippen LogP contribution in [0.2, 0.25) is 5.02 Å². The summed E-state index contributed by atoms with van der Waals surface area (Å²) in [7, 11) is 1.56. The van der Waals surface area contributed by atoms with Crippen LogP contribution in [0.3, 0.4) is 0 Å². The molecule has 1 amide bonds. The van der Waals surface area contributed by atoms with Crippen LogP contribution >= 0.6 is 27.5 Å². The van der Waals surface area contributed by atoms with Gasteiger partial charge in [0.2, 0.25) is 0 Å². The zero-order valence-corrected chi connectivity index (χ0v) is 20.7. The lowest BCUT2D eigenvalue weighted by atomic mass is 10.1. The van der Waals surface area contributed by atoms with Gasteiger partial charge in [0, 0.05) is 15.1 Å². The number of rotatable bonds is 10. The first-order chi connectivity index (χ1) is 16.0. The molecule has 0 aliphatic carbocycles. The number of methoxy groups -OCH3 is 1. The van der Waals surface area contributed by atoms with Crippen molar-refractivity contribution in [3.8, 4) is 17.2 Å². The molecule has 0 aliphatic heterocycles. The van der Waals surface area contributed by atoms with Gasteiger partial charge in [-0.2, -0.15) is 5.10 Å². The number of benzene rings is 3. The van der Waals surface area contributed by atoms with E-state index in [2.05, 4.69) is 26.5 Å². The Bertz CT molecular complexity index is 1140. The highest BCUT2D eigenvalue weighted by Gasteiger charge is 2.08. The number of halogens is 2. The van der Waals surface area contributed by atoms with Gasteiger partial charge in [-0.1, -0.05) is 52.7 Å². The van der Waals surface area contributed by atoms with Crippen molar-refractivity contribution in [3.63, 3.8) is 0 Å². The Hall–Kier alpha value is -3.03. The van der Waals surface area contributed by atoms with Crippen LogP contribution in [0.15, 0.2) is 70.2 Å². The lowest BCUT2D eigenvalue weighted by molar-refractivity contribution is -0.123. The average Bonchev–Trinajstić information content (AvgIpc) is 2.83. The topological polar surface area (TPSA) is 69.2 Å². The molecule has 0 bridgehead atoms. The second-order valence-electron chi connectivity index (χ2n) is 6.98. The molecule has 0 fully saturated rings. The summed E-state index contributed by atoms with van der Waals surface area (Å²) in [4.78, 5) is 12.1. The highest BCUT2D eigenvalue weighted by molar-refractivity contribution is 9.10. The molecule has 0 unspecified atom stereocenters. The minimum absolute atomic E-state index is 0.135. The van der Waals surface area contributed by atoms with Crippen LogP contribution in [-0.4, -0.2) is 25.8 Å². The zero-order chi connectivity index (χ0) is 23.6. The number of hydrogen-bond donors (Lipinski definition) is 1. The maximum atomic E-state index is 12.1. The molecule has 172 valence electrons. The molecule has 3 aromatic carbocycles. The third kappa shape index (κ3) is 7.23. The summed E-state index contributed by atoms with van der Waals surface area (Å²) >= 11 is 9.61.